The van der Waals surface area contributed by atoms with E-state index in [2.05, 4.69) is 27.2 Å². The number of amides is 2. The van der Waals surface area contributed by atoms with Crippen LogP contribution in [0.5, 0.6) is 0 Å². The topological polar surface area (TPSA) is 144 Å². The van der Waals surface area contributed by atoms with Crippen LogP contribution in [0.2, 0.25) is 0 Å². The van der Waals surface area contributed by atoms with Gasteiger partial charge < -0.3 is 20.9 Å². The highest BCUT2D eigenvalue weighted by molar-refractivity contribution is 7.16. The number of alkyl halides is 1. The van der Waals surface area contributed by atoms with Gasteiger partial charge in [-0.05, 0) is 56.2 Å². The largest absolute Gasteiger partial charge is 0.396 e. The van der Waals surface area contributed by atoms with Crippen molar-refractivity contribution in [3.05, 3.63) is 94.8 Å². The molecule has 204 valence electrons. The number of hydrogen-bond donors (Lipinski definition) is 4. The summed E-state index contributed by atoms with van der Waals surface area (Å²) in [7, 11) is 0. The maximum atomic E-state index is 13.7. The Labute approximate surface area is 230 Å². The molecular weight excluding hydrogens is 519 g/mol. The van der Waals surface area contributed by atoms with Gasteiger partial charge >= 0.3 is 0 Å². The third-order valence-corrected chi connectivity index (χ3v) is 6.36. The standard InChI is InChI=1S/C27H31FN8O2S/c1-16-6-7-22(10-24(16)36(30)14-23(29)25-12-31-27(39-25)34-20(5)37)26(38)33-17(2)8-21(11-28)9-19(4)35-13-18(3)32-15-35/h6-10,12-15H,2,11,29-30H2,1,3-5H3,(H,33,38)(H,31,34,37)/b19-9+,21-8+,23-14-. The number of benzene rings is 1. The van der Waals surface area contributed by atoms with E-state index in [9.17, 15) is 14.0 Å². The van der Waals surface area contributed by atoms with Crippen molar-refractivity contribution in [1.82, 2.24) is 19.9 Å². The number of anilines is 2. The summed E-state index contributed by atoms with van der Waals surface area (Å²) < 4.78 is 15.5. The summed E-state index contributed by atoms with van der Waals surface area (Å²) in [4.78, 5) is 33.0. The number of aryl methyl sites for hydroxylation is 2. The number of hydrogen-bond acceptors (Lipinski definition) is 8. The van der Waals surface area contributed by atoms with Crippen molar-refractivity contribution in [2.45, 2.75) is 27.7 Å². The third-order valence-electron chi connectivity index (χ3n) is 5.40. The molecule has 1 aromatic carbocycles. The molecule has 0 aliphatic heterocycles. The lowest BCUT2D eigenvalue weighted by molar-refractivity contribution is -0.114. The summed E-state index contributed by atoms with van der Waals surface area (Å²) in [5, 5.41) is 7.01. The Morgan fingerprint density at radius 1 is 1.23 bits per heavy atom. The maximum Gasteiger partial charge on any atom is 0.255 e. The third kappa shape index (κ3) is 7.97. The van der Waals surface area contributed by atoms with Gasteiger partial charge in [-0.3, -0.25) is 14.6 Å². The summed E-state index contributed by atoms with van der Waals surface area (Å²) in [5.41, 5.74) is 10.3. The van der Waals surface area contributed by atoms with Gasteiger partial charge in [0, 0.05) is 42.5 Å². The van der Waals surface area contributed by atoms with E-state index in [-0.39, 0.29) is 11.6 Å². The molecule has 2 amide bonds. The molecule has 0 unspecified atom stereocenters. The van der Waals surface area contributed by atoms with Gasteiger partial charge in [0.15, 0.2) is 5.13 Å². The SMILES string of the molecule is C=C(/C=C(\C=C(/C)n1cnc(C)c1)CF)NC(=O)c1ccc(C)c(N(N)/C=C(\N)c2cnc(NC(C)=O)s2)c1. The number of nitrogens with two attached hydrogens (primary N) is 2. The predicted molar refractivity (Wildman–Crippen MR) is 154 cm³/mol. The van der Waals surface area contributed by atoms with E-state index in [0.29, 0.717) is 32.5 Å². The van der Waals surface area contributed by atoms with E-state index in [4.69, 9.17) is 11.6 Å². The molecule has 6 N–H and O–H groups in total. The zero-order chi connectivity index (χ0) is 28.7. The summed E-state index contributed by atoms with van der Waals surface area (Å²) in [6.07, 6.45) is 9.64. The molecule has 0 atom stereocenters. The summed E-state index contributed by atoms with van der Waals surface area (Å²) in [5.74, 6) is 5.58. The van der Waals surface area contributed by atoms with Crippen molar-refractivity contribution in [1.29, 1.82) is 0 Å². The highest BCUT2D eigenvalue weighted by Gasteiger charge is 2.13. The van der Waals surface area contributed by atoms with Crippen LogP contribution in [-0.2, 0) is 4.79 Å². The molecule has 2 heterocycles. The number of allylic oxidation sites excluding steroid dienone is 4. The quantitative estimate of drug-likeness (QED) is 0.168. The smallest absolute Gasteiger partial charge is 0.255 e. The number of hydrazine groups is 1. The van der Waals surface area contributed by atoms with Gasteiger partial charge in [-0.25, -0.2) is 20.2 Å². The fourth-order valence-corrected chi connectivity index (χ4v) is 4.27. The van der Waals surface area contributed by atoms with E-state index in [1.807, 2.05) is 27.0 Å². The minimum Gasteiger partial charge on any atom is -0.396 e. The lowest BCUT2D eigenvalue weighted by Gasteiger charge is -2.18. The Morgan fingerprint density at radius 2 is 1.97 bits per heavy atom. The van der Waals surface area contributed by atoms with Crippen LogP contribution >= 0.6 is 11.3 Å². The van der Waals surface area contributed by atoms with Crippen LogP contribution in [0, 0.1) is 13.8 Å². The average molecular weight is 551 g/mol. The second-order valence-electron chi connectivity index (χ2n) is 8.74. The molecule has 0 bridgehead atoms. The Bertz CT molecular complexity index is 1480. The van der Waals surface area contributed by atoms with Gasteiger partial charge in [-0.2, -0.15) is 0 Å². The van der Waals surface area contributed by atoms with E-state index >= 15 is 0 Å². The zero-order valence-electron chi connectivity index (χ0n) is 22.2. The number of carbonyl (C=O) groups excluding carboxylic acids is 2. The van der Waals surface area contributed by atoms with Crippen LogP contribution in [0.4, 0.5) is 15.2 Å². The van der Waals surface area contributed by atoms with Crippen LogP contribution in [0.15, 0.2) is 73.1 Å². The number of nitrogens with one attached hydrogen (secondary N) is 2. The average Bonchev–Trinajstić information content (AvgIpc) is 3.52. The van der Waals surface area contributed by atoms with Gasteiger partial charge in [0.25, 0.3) is 5.91 Å². The normalized spacial score (nSPS) is 12.3. The number of aromatic nitrogens is 3. The van der Waals surface area contributed by atoms with Crippen LogP contribution < -0.4 is 27.2 Å². The van der Waals surface area contributed by atoms with Crippen LogP contribution in [0.3, 0.4) is 0 Å². The molecule has 0 spiro atoms. The molecule has 10 nitrogen and oxygen atoms in total. The number of imidazole rings is 1. The first-order valence-electron chi connectivity index (χ1n) is 11.8. The molecule has 39 heavy (non-hydrogen) atoms. The van der Waals surface area contributed by atoms with Gasteiger partial charge in [-0.1, -0.05) is 24.0 Å². The molecule has 12 heteroatoms. The van der Waals surface area contributed by atoms with Crippen LogP contribution in [0.1, 0.15) is 40.3 Å². The summed E-state index contributed by atoms with van der Waals surface area (Å²) in [6, 6.07) is 5.01. The minimum atomic E-state index is -0.740. The number of thiazole rings is 1. The molecule has 2 aromatic heterocycles. The van der Waals surface area contributed by atoms with E-state index in [0.717, 1.165) is 17.0 Å². The summed E-state index contributed by atoms with van der Waals surface area (Å²) in [6.45, 7) is 10.0. The highest BCUT2D eigenvalue weighted by Crippen LogP contribution is 2.25. The number of halogens is 1. The second kappa shape index (κ2) is 12.8. The van der Waals surface area contributed by atoms with Crippen molar-refractivity contribution in [2.75, 3.05) is 17.0 Å². The van der Waals surface area contributed by atoms with Crippen molar-refractivity contribution < 1.29 is 14.0 Å². The molecule has 0 aliphatic rings. The van der Waals surface area contributed by atoms with Gasteiger partial charge in [0.2, 0.25) is 5.91 Å². The molecule has 0 aliphatic carbocycles. The predicted octanol–water partition coefficient (Wildman–Crippen LogP) is 4.25. The van der Waals surface area contributed by atoms with Crippen molar-refractivity contribution in [3.8, 4) is 0 Å². The lowest BCUT2D eigenvalue weighted by atomic mass is 10.1. The van der Waals surface area contributed by atoms with Crippen molar-refractivity contribution in [2.24, 2.45) is 11.6 Å². The van der Waals surface area contributed by atoms with Crippen LogP contribution in [0.25, 0.3) is 11.4 Å². The lowest BCUT2D eigenvalue weighted by Crippen LogP contribution is -2.27. The van der Waals surface area contributed by atoms with E-state index in [1.54, 1.807) is 35.2 Å². The molecule has 0 saturated heterocycles. The number of rotatable bonds is 10. The Balaban J connectivity index is 1.74. The van der Waals surface area contributed by atoms with Gasteiger partial charge in [-0.15, -0.1) is 0 Å². The highest BCUT2D eigenvalue weighted by atomic mass is 32.1. The maximum absolute atomic E-state index is 13.7. The Morgan fingerprint density at radius 3 is 2.62 bits per heavy atom. The Hall–Kier alpha value is -4.55. The first kappa shape index (κ1) is 29.0. The number of nitrogens with zero attached hydrogens (tertiary/aromatic N) is 4. The first-order chi connectivity index (χ1) is 18.5. The fraction of sp³-hybridized carbons (Fsp3) is 0.185. The molecular formula is C27H31FN8O2S. The van der Waals surface area contributed by atoms with Crippen molar-refractivity contribution in [3.63, 3.8) is 0 Å². The molecule has 0 radical (unpaired) electrons. The van der Waals surface area contributed by atoms with Crippen LogP contribution in [-0.4, -0.2) is 33.0 Å². The summed E-state index contributed by atoms with van der Waals surface area (Å²) >= 11 is 1.20. The minimum absolute atomic E-state index is 0.231. The molecule has 3 rings (SSSR count). The van der Waals surface area contributed by atoms with E-state index < -0.39 is 12.6 Å². The monoisotopic (exact) mass is 550 g/mol. The van der Waals surface area contributed by atoms with Gasteiger partial charge in [0.1, 0.15) is 6.67 Å². The Kier molecular flexibility index (Phi) is 9.52. The first-order valence-corrected chi connectivity index (χ1v) is 12.6. The van der Waals surface area contributed by atoms with E-state index in [1.165, 1.54) is 41.7 Å². The second-order valence-corrected chi connectivity index (χ2v) is 9.77. The van der Waals surface area contributed by atoms with Crippen molar-refractivity contribution >= 4 is 45.4 Å². The zero-order valence-corrected chi connectivity index (χ0v) is 23.0. The van der Waals surface area contributed by atoms with Gasteiger partial charge in [0.05, 0.1) is 28.3 Å². The molecule has 3 aromatic rings. The molecule has 0 saturated carbocycles. The fourth-order valence-electron chi connectivity index (χ4n) is 3.48. The number of carbonyl (C=O) groups is 2. The molecule has 0 fully saturated rings.